The molecule has 1 amide bonds. The molecule has 0 saturated carbocycles. The van der Waals surface area contributed by atoms with Crippen LogP contribution >= 0.6 is 0 Å². The highest BCUT2D eigenvalue weighted by atomic mass is 16.5. The van der Waals surface area contributed by atoms with Gasteiger partial charge in [-0.25, -0.2) is 0 Å². The van der Waals surface area contributed by atoms with Crippen LogP contribution in [0.1, 0.15) is 258 Å². The molecule has 0 fully saturated rings. The van der Waals surface area contributed by atoms with Crippen molar-refractivity contribution in [2.75, 3.05) is 6.61 Å². The monoisotopic (exact) mass is 816 g/mol. The van der Waals surface area contributed by atoms with Crippen LogP contribution in [0.25, 0.3) is 0 Å². The zero-order valence-corrected chi connectivity index (χ0v) is 38.7. The molecule has 0 aliphatic rings. The Bertz CT molecular complexity index is 961. The lowest BCUT2D eigenvalue weighted by atomic mass is 10.0. The minimum atomic E-state index is -0.799. The summed E-state index contributed by atoms with van der Waals surface area (Å²) in [4.78, 5) is 26.1. The van der Waals surface area contributed by atoms with Gasteiger partial charge in [-0.15, -0.1) is 0 Å². The number of carbonyl (C=O) groups is 2. The first-order valence-electron chi connectivity index (χ1n) is 25.2. The van der Waals surface area contributed by atoms with E-state index in [0.29, 0.717) is 19.3 Å². The third-order valence-corrected chi connectivity index (χ3v) is 11.5. The van der Waals surface area contributed by atoms with Crippen LogP contribution in [-0.2, 0) is 14.3 Å². The van der Waals surface area contributed by atoms with Crippen molar-refractivity contribution < 1.29 is 24.5 Å². The minimum absolute atomic E-state index is 0.0407. The van der Waals surface area contributed by atoms with Crippen molar-refractivity contribution >= 4 is 11.9 Å². The molecule has 0 rings (SSSR count). The number of esters is 1. The number of ether oxygens (including phenoxy) is 1. The van der Waals surface area contributed by atoms with Gasteiger partial charge in [-0.3, -0.25) is 9.59 Å². The van der Waals surface area contributed by atoms with E-state index in [1.807, 2.05) is 0 Å². The van der Waals surface area contributed by atoms with Crippen molar-refractivity contribution in [2.45, 2.75) is 277 Å². The minimum Gasteiger partial charge on any atom is -0.462 e. The van der Waals surface area contributed by atoms with Crippen molar-refractivity contribution in [3.63, 3.8) is 0 Å². The van der Waals surface area contributed by atoms with Gasteiger partial charge in [0.15, 0.2) is 0 Å². The lowest BCUT2D eigenvalue weighted by Gasteiger charge is -2.24. The molecule has 0 saturated heterocycles. The summed E-state index contributed by atoms with van der Waals surface area (Å²) in [6.07, 6.45) is 53.5. The molecule has 0 aliphatic heterocycles. The molecular formula is C52H97NO5. The van der Waals surface area contributed by atoms with Gasteiger partial charge in [-0.05, 0) is 70.6 Å². The van der Waals surface area contributed by atoms with Crippen LogP contribution < -0.4 is 5.32 Å². The number of rotatable bonds is 45. The number of nitrogens with one attached hydrogen (secondary N) is 1. The quantitative estimate of drug-likeness (QED) is 0.0246. The second kappa shape index (κ2) is 46.2. The van der Waals surface area contributed by atoms with E-state index < -0.39 is 18.2 Å². The van der Waals surface area contributed by atoms with Crippen molar-refractivity contribution in [2.24, 2.45) is 0 Å². The highest BCUT2D eigenvalue weighted by Gasteiger charge is 2.24. The van der Waals surface area contributed by atoms with Gasteiger partial charge < -0.3 is 20.3 Å². The molecule has 3 N–H and O–H groups in total. The average Bonchev–Trinajstić information content (AvgIpc) is 3.22. The second-order valence-electron chi connectivity index (χ2n) is 17.2. The van der Waals surface area contributed by atoms with E-state index in [0.717, 1.165) is 70.6 Å². The number of amides is 1. The van der Waals surface area contributed by atoms with Gasteiger partial charge in [0.25, 0.3) is 0 Å². The summed E-state index contributed by atoms with van der Waals surface area (Å²) >= 11 is 0. The van der Waals surface area contributed by atoms with E-state index in [2.05, 4.69) is 62.5 Å². The molecule has 0 aromatic carbocycles. The number of hydrogen-bond donors (Lipinski definition) is 3. The van der Waals surface area contributed by atoms with Crippen molar-refractivity contribution in [3.05, 3.63) is 36.5 Å². The highest BCUT2D eigenvalue weighted by molar-refractivity contribution is 5.77. The first-order valence-corrected chi connectivity index (χ1v) is 25.2. The first-order chi connectivity index (χ1) is 28.5. The Morgan fingerprint density at radius 3 is 1.36 bits per heavy atom. The summed E-state index contributed by atoms with van der Waals surface area (Å²) in [6, 6.07) is -0.716. The van der Waals surface area contributed by atoms with Gasteiger partial charge in [0.1, 0.15) is 6.10 Å². The van der Waals surface area contributed by atoms with Crippen LogP contribution in [-0.4, -0.2) is 46.9 Å². The summed E-state index contributed by atoms with van der Waals surface area (Å²) in [6.45, 7) is 6.45. The molecule has 0 aromatic rings. The fraction of sp³-hybridized carbons (Fsp3) is 0.846. The summed E-state index contributed by atoms with van der Waals surface area (Å²) < 4.78 is 5.89. The zero-order valence-electron chi connectivity index (χ0n) is 38.7. The van der Waals surface area contributed by atoms with Gasteiger partial charge >= 0.3 is 5.97 Å². The molecular weight excluding hydrogens is 719 g/mol. The fourth-order valence-electron chi connectivity index (χ4n) is 7.60. The fourth-order valence-corrected chi connectivity index (χ4v) is 7.60. The normalized spacial score (nSPS) is 13.5. The summed E-state index contributed by atoms with van der Waals surface area (Å²) in [5, 5.41) is 23.7. The van der Waals surface area contributed by atoms with Crippen LogP contribution in [0.4, 0.5) is 0 Å². The summed E-state index contributed by atoms with van der Waals surface area (Å²) in [5.74, 6) is -0.534. The summed E-state index contributed by atoms with van der Waals surface area (Å²) in [5.41, 5.74) is 0. The van der Waals surface area contributed by atoms with Crippen LogP contribution in [0.5, 0.6) is 0 Å². The number of hydrogen-bond acceptors (Lipinski definition) is 5. The predicted molar refractivity (Wildman–Crippen MR) is 250 cm³/mol. The van der Waals surface area contributed by atoms with Crippen molar-refractivity contribution in [3.8, 4) is 0 Å². The molecule has 0 bridgehead atoms. The largest absolute Gasteiger partial charge is 0.462 e. The van der Waals surface area contributed by atoms with Crippen molar-refractivity contribution in [1.29, 1.82) is 0 Å². The Labute approximate surface area is 360 Å². The Morgan fingerprint density at radius 2 is 0.897 bits per heavy atom. The molecule has 6 heteroatoms. The lowest BCUT2D eigenvalue weighted by molar-refractivity contribution is -0.151. The Morgan fingerprint density at radius 1 is 0.500 bits per heavy atom. The SMILES string of the molecule is CCCCCCCC/C=C\CCCCCC(=O)OC(CCC/C=C/C=C/CCCCCCCCC)CC(=O)NC(CO)C(O)CCCCCCCCCCCCCC. The molecule has 0 heterocycles. The molecule has 0 radical (unpaired) electrons. The topological polar surface area (TPSA) is 95.9 Å². The third kappa shape index (κ3) is 40.8. The zero-order chi connectivity index (χ0) is 42.4. The van der Waals surface area contributed by atoms with Gasteiger partial charge in [0, 0.05) is 6.42 Å². The van der Waals surface area contributed by atoms with Gasteiger partial charge in [0.05, 0.1) is 25.2 Å². The number of allylic oxidation sites excluding steroid dienone is 6. The average molecular weight is 816 g/mol. The maximum Gasteiger partial charge on any atom is 0.306 e. The third-order valence-electron chi connectivity index (χ3n) is 11.5. The Kier molecular flexibility index (Phi) is 44.6. The summed E-state index contributed by atoms with van der Waals surface area (Å²) in [7, 11) is 0. The van der Waals surface area contributed by atoms with E-state index in [-0.39, 0.29) is 24.9 Å². The van der Waals surface area contributed by atoms with Crippen LogP contribution in [0.15, 0.2) is 36.5 Å². The number of carbonyl (C=O) groups excluding carboxylic acids is 2. The molecule has 340 valence electrons. The second-order valence-corrected chi connectivity index (χ2v) is 17.2. The maximum absolute atomic E-state index is 13.2. The Hall–Kier alpha value is -1.92. The van der Waals surface area contributed by atoms with E-state index in [9.17, 15) is 19.8 Å². The van der Waals surface area contributed by atoms with Gasteiger partial charge in [0.2, 0.25) is 5.91 Å². The van der Waals surface area contributed by atoms with E-state index in [4.69, 9.17) is 4.74 Å². The van der Waals surface area contributed by atoms with Crippen LogP contribution in [0.3, 0.4) is 0 Å². The van der Waals surface area contributed by atoms with E-state index in [1.165, 1.54) is 141 Å². The molecule has 0 aromatic heterocycles. The predicted octanol–water partition coefficient (Wildman–Crippen LogP) is 14.9. The standard InChI is InChI=1S/C52H97NO5/c1-4-7-10-13-16-19-22-25-27-28-31-34-37-40-43-48(58-52(57)45-42-39-36-33-30-26-23-20-17-14-11-8-5-2)46-51(56)53-49(47-54)50(55)44-41-38-35-32-29-24-21-18-15-12-9-6-3/h26-28,30-31,34,48-50,54-55H,4-25,29,32-33,35-47H2,1-3H3,(H,53,56)/b28-27+,30-26-,34-31+. The molecule has 58 heavy (non-hydrogen) atoms. The number of aliphatic hydroxyl groups is 2. The van der Waals surface area contributed by atoms with Crippen LogP contribution in [0, 0.1) is 0 Å². The van der Waals surface area contributed by atoms with E-state index in [1.54, 1.807) is 0 Å². The molecule has 3 unspecified atom stereocenters. The first kappa shape index (κ1) is 56.1. The maximum atomic E-state index is 13.2. The number of unbranched alkanes of at least 4 members (excludes halogenated alkanes) is 28. The van der Waals surface area contributed by atoms with E-state index >= 15 is 0 Å². The molecule has 6 nitrogen and oxygen atoms in total. The smallest absolute Gasteiger partial charge is 0.306 e. The number of aliphatic hydroxyl groups excluding tert-OH is 2. The van der Waals surface area contributed by atoms with Gasteiger partial charge in [-0.2, -0.15) is 0 Å². The lowest BCUT2D eigenvalue weighted by Crippen LogP contribution is -2.46. The van der Waals surface area contributed by atoms with Gasteiger partial charge in [-0.1, -0.05) is 211 Å². The highest BCUT2D eigenvalue weighted by Crippen LogP contribution is 2.17. The van der Waals surface area contributed by atoms with Crippen LogP contribution in [0.2, 0.25) is 0 Å². The van der Waals surface area contributed by atoms with Crippen molar-refractivity contribution in [1.82, 2.24) is 5.32 Å². The molecule has 0 spiro atoms. The Balaban J connectivity index is 4.67. The molecule has 3 atom stereocenters. The molecule has 0 aliphatic carbocycles.